The summed E-state index contributed by atoms with van der Waals surface area (Å²) in [6.07, 6.45) is 7.92. The Morgan fingerprint density at radius 2 is 1.64 bits per heavy atom. The van der Waals surface area contributed by atoms with Crippen LogP contribution in [0.2, 0.25) is 5.02 Å². The lowest BCUT2D eigenvalue weighted by molar-refractivity contribution is -0.121. The molecule has 0 atom stereocenters. The van der Waals surface area contributed by atoms with Crippen LogP contribution in [0.1, 0.15) is 55.3 Å². The molecule has 1 saturated heterocycles. The van der Waals surface area contributed by atoms with E-state index in [1.165, 1.54) is 81.4 Å². The number of amides is 2. The van der Waals surface area contributed by atoms with Crippen LogP contribution in [-0.2, 0) is 14.8 Å². The summed E-state index contributed by atoms with van der Waals surface area (Å²) in [6, 6.07) is 16.8. The molecule has 2 aliphatic rings. The number of hydrogen-bond acceptors (Lipinski definition) is 6. The van der Waals surface area contributed by atoms with Gasteiger partial charge in [-0.2, -0.15) is 8.42 Å². The number of hydrogen-bond donors (Lipinski definition) is 2. The Labute approximate surface area is 268 Å². The first kappa shape index (κ1) is 32.7. The van der Waals surface area contributed by atoms with Crippen LogP contribution in [-0.4, -0.2) is 57.4 Å². The minimum Gasteiger partial charge on any atom is -0.363 e. The average molecular weight is 657 g/mol. The molecule has 0 radical (unpaired) electrons. The molecular weight excluding hydrogens is 619 g/mol. The van der Waals surface area contributed by atoms with Crippen molar-refractivity contribution in [3.8, 4) is 5.75 Å². The maximum absolute atomic E-state index is 13.6. The minimum atomic E-state index is -4.32. The standard InChI is InChI=1S/C33H38ClFN4O5S/c34-30-22-26(35)12-17-31(30)44-39(28-6-2-1-3-7-28)45(42,43)29-15-10-25(11-16-29)33(41)36-23-32(40)37-27-13-8-24(9-14-27)18-21-38-19-4-5-20-38/h1-3,6-7,10-12,15-17,22,24,27H,4-5,8-9,13-14,18-21,23H2,(H,36,41)(H,37,40). The van der Waals surface area contributed by atoms with Crippen LogP contribution < -0.4 is 19.9 Å². The largest absolute Gasteiger partial charge is 0.363 e. The van der Waals surface area contributed by atoms with Gasteiger partial charge in [-0.05, 0) is 125 Å². The second-order valence-corrected chi connectivity index (χ2v) is 13.7. The summed E-state index contributed by atoms with van der Waals surface area (Å²) in [5.41, 5.74) is 0.371. The van der Waals surface area contributed by atoms with Crippen LogP contribution in [0.3, 0.4) is 0 Å². The van der Waals surface area contributed by atoms with Crippen molar-refractivity contribution in [1.29, 1.82) is 0 Å². The summed E-state index contributed by atoms with van der Waals surface area (Å²) in [6.45, 7) is 3.43. The highest BCUT2D eigenvalue weighted by Crippen LogP contribution is 2.31. The SMILES string of the molecule is O=C(CNC(=O)c1ccc(S(=O)(=O)N(Oc2ccc(F)cc2Cl)c2ccccc2)cc1)NC1CCC(CCN2CCCC2)CC1. The lowest BCUT2D eigenvalue weighted by atomic mass is 9.84. The van der Waals surface area contributed by atoms with Crippen molar-refractivity contribution in [3.05, 3.63) is 89.2 Å². The molecule has 1 saturated carbocycles. The number of anilines is 1. The van der Waals surface area contributed by atoms with E-state index in [0.29, 0.717) is 10.4 Å². The van der Waals surface area contributed by atoms with Crippen molar-refractivity contribution in [1.82, 2.24) is 15.5 Å². The van der Waals surface area contributed by atoms with Gasteiger partial charge in [-0.25, -0.2) is 4.39 Å². The minimum absolute atomic E-state index is 0.0645. The third-order valence-corrected chi connectivity index (χ3v) is 10.2. The summed E-state index contributed by atoms with van der Waals surface area (Å²) in [5, 5.41) is 5.54. The number of nitrogens with one attached hydrogen (secondary N) is 2. The fourth-order valence-corrected chi connectivity index (χ4v) is 7.26. The van der Waals surface area contributed by atoms with E-state index in [0.717, 1.165) is 37.8 Å². The van der Waals surface area contributed by atoms with Crippen LogP contribution in [0.25, 0.3) is 0 Å². The summed E-state index contributed by atoms with van der Waals surface area (Å²) in [7, 11) is -4.32. The molecule has 3 aromatic carbocycles. The molecule has 2 N–H and O–H groups in total. The van der Waals surface area contributed by atoms with Gasteiger partial charge in [0.2, 0.25) is 5.91 Å². The summed E-state index contributed by atoms with van der Waals surface area (Å²) < 4.78 is 41.5. The van der Waals surface area contributed by atoms with E-state index in [1.54, 1.807) is 18.2 Å². The zero-order valence-corrected chi connectivity index (χ0v) is 26.5. The van der Waals surface area contributed by atoms with Gasteiger partial charge < -0.3 is 20.4 Å². The number of benzene rings is 3. The van der Waals surface area contributed by atoms with Gasteiger partial charge in [-0.1, -0.05) is 34.3 Å². The quantitative estimate of drug-likeness (QED) is 0.247. The molecule has 2 amide bonds. The second-order valence-electron chi connectivity index (χ2n) is 11.6. The molecule has 9 nitrogen and oxygen atoms in total. The van der Waals surface area contributed by atoms with Crippen LogP contribution in [0.5, 0.6) is 5.75 Å². The Kier molecular flexibility index (Phi) is 11.0. The van der Waals surface area contributed by atoms with E-state index in [9.17, 15) is 22.4 Å². The zero-order valence-electron chi connectivity index (χ0n) is 25.0. The lowest BCUT2D eigenvalue weighted by Crippen LogP contribution is -2.43. The molecular formula is C33H38ClFN4O5S. The predicted molar refractivity (Wildman–Crippen MR) is 171 cm³/mol. The molecule has 0 bridgehead atoms. The fraction of sp³-hybridized carbons (Fsp3) is 0.394. The average Bonchev–Trinajstić information content (AvgIpc) is 3.57. The molecule has 3 aromatic rings. The molecule has 0 aromatic heterocycles. The van der Waals surface area contributed by atoms with Crippen molar-refractivity contribution >= 4 is 39.1 Å². The summed E-state index contributed by atoms with van der Waals surface area (Å²) in [4.78, 5) is 33.4. The fourth-order valence-electron chi connectivity index (χ4n) is 5.81. The Hall–Kier alpha value is -3.67. The Balaban J connectivity index is 1.14. The molecule has 1 aliphatic heterocycles. The van der Waals surface area contributed by atoms with Gasteiger partial charge in [0, 0.05) is 11.6 Å². The first-order valence-corrected chi connectivity index (χ1v) is 17.1. The van der Waals surface area contributed by atoms with Gasteiger partial charge >= 0.3 is 0 Å². The number of carbonyl (C=O) groups excluding carboxylic acids is 2. The van der Waals surface area contributed by atoms with Gasteiger partial charge in [0.15, 0.2) is 5.75 Å². The van der Waals surface area contributed by atoms with Gasteiger partial charge in [0.1, 0.15) is 5.82 Å². The van der Waals surface area contributed by atoms with E-state index in [4.69, 9.17) is 16.4 Å². The van der Waals surface area contributed by atoms with Gasteiger partial charge in [-0.3, -0.25) is 9.59 Å². The monoisotopic (exact) mass is 656 g/mol. The highest BCUT2D eigenvalue weighted by molar-refractivity contribution is 7.92. The molecule has 45 heavy (non-hydrogen) atoms. The van der Waals surface area contributed by atoms with Crippen molar-refractivity contribution in [3.63, 3.8) is 0 Å². The van der Waals surface area contributed by atoms with E-state index in [-0.39, 0.29) is 45.4 Å². The van der Waals surface area contributed by atoms with Crippen LogP contribution in [0.4, 0.5) is 10.1 Å². The molecule has 240 valence electrons. The van der Waals surface area contributed by atoms with E-state index < -0.39 is 21.7 Å². The van der Waals surface area contributed by atoms with Crippen molar-refractivity contribution in [2.45, 2.75) is 55.9 Å². The first-order chi connectivity index (χ1) is 21.7. The molecule has 5 rings (SSSR count). The maximum atomic E-state index is 13.6. The third-order valence-electron chi connectivity index (χ3n) is 8.35. The van der Waals surface area contributed by atoms with Crippen molar-refractivity contribution in [2.75, 3.05) is 30.6 Å². The highest BCUT2D eigenvalue weighted by atomic mass is 35.5. The number of likely N-dealkylation sites (tertiary alicyclic amines) is 1. The van der Waals surface area contributed by atoms with Gasteiger partial charge in [0.25, 0.3) is 15.9 Å². The highest BCUT2D eigenvalue weighted by Gasteiger charge is 2.29. The molecule has 2 fully saturated rings. The van der Waals surface area contributed by atoms with E-state index in [2.05, 4.69) is 15.5 Å². The number of halogens is 2. The lowest BCUT2D eigenvalue weighted by Gasteiger charge is -2.30. The van der Waals surface area contributed by atoms with Gasteiger partial charge in [0.05, 0.1) is 22.2 Å². The number of sulfonamides is 1. The zero-order chi connectivity index (χ0) is 31.8. The van der Waals surface area contributed by atoms with Gasteiger partial charge in [-0.15, -0.1) is 0 Å². The number of carbonyl (C=O) groups is 2. The normalized spacial score (nSPS) is 18.7. The molecule has 1 aliphatic carbocycles. The number of nitrogens with zero attached hydrogens (tertiary/aromatic N) is 2. The van der Waals surface area contributed by atoms with Crippen LogP contribution in [0, 0.1) is 11.7 Å². The predicted octanol–water partition coefficient (Wildman–Crippen LogP) is 5.56. The van der Waals surface area contributed by atoms with E-state index >= 15 is 0 Å². The Bertz CT molecular complexity index is 1560. The van der Waals surface area contributed by atoms with Crippen LogP contribution >= 0.6 is 11.6 Å². The second kappa shape index (κ2) is 15.1. The van der Waals surface area contributed by atoms with Crippen molar-refractivity contribution < 1.29 is 27.2 Å². The molecule has 1 heterocycles. The molecule has 12 heteroatoms. The smallest absolute Gasteiger partial charge is 0.295 e. The molecule has 0 spiro atoms. The topological polar surface area (TPSA) is 108 Å². The summed E-state index contributed by atoms with van der Waals surface area (Å²) in [5.74, 6) is -0.715. The van der Waals surface area contributed by atoms with E-state index in [1.807, 2.05) is 0 Å². The first-order valence-electron chi connectivity index (χ1n) is 15.3. The summed E-state index contributed by atoms with van der Waals surface area (Å²) >= 11 is 6.10. The number of para-hydroxylation sites is 1. The third kappa shape index (κ3) is 8.74. The Morgan fingerprint density at radius 1 is 0.956 bits per heavy atom. The maximum Gasteiger partial charge on any atom is 0.295 e. The number of rotatable bonds is 12. The van der Waals surface area contributed by atoms with Crippen molar-refractivity contribution in [2.24, 2.45) is 5.92 Å². The Morgan fingerprint density at radius 3 is 2.31 bits per heavy atom. The van der Waals surface area contributed by atoms with Crippen LogP contribution in [0.15, 0.2) is 77.7 Å². The molecule has 0 unspecified atom stereocenters.